The Morgan fingerprint density at radius 2 is 1.97 bits per heavy atom. The second-order valence-corrected chi connectivity index (χ2v) is 7.95. The Morgan fingerprint density at radius 3 is 2.79 bits per heavy atom. The summed E-state index contributed by atoms with van der Waals surface area (Å²) in [5.41, 5.74) is 3.43. The summed E-state index contributed by atoms with van der Waals surface area (Å²) >= 11 is 0. The minimum absolute atomic E-state index is 0.0494. The molecule has 168 valence electrons. The number of anilines is 1. The van der Waals surface area contributed by atoms with Crippen molar-refractivity contribution in [3.63, 3.8) is 0 Å². The van der Waals surface area contributed by atoms with Crippen LogP contribution in [0, 0.1) is 11.3 Å². The molecule has 33 heavy (non-hydrogen) atoms. The van der Waals surface area contributed by atoms with Gasteiger partial charge < -0.3 is 14.8 Å². The van der Waals surface area contributed by atoms with Crippen LogP contribution in [0.5, 0.6) is 11.5 Å². The Bertz CT molecular complexity index is 1150. The van der Waals surface area contributed by atoms with Gasteiger partial charge in [-0.2, -0.15) is 5.26 Å². The molecule has 0 saturated carbocycles. The van der Waals surface area contributed by atoms with Gasteiger partial charge in [-0.15, -0.1) is 0 Å². The largest absolute Gasteiger partial charge is 0.486 e. The number of carbonyl (C=O) groups is 1. The molecule has 7 heteroatoms. The Kier molecular flexibility index (Phi) is 7.16. The summed E-state index contributed by atoms with van der Waals surface area (Å²) in [4.78, 5) is 20.9. The van der Waals surface area contributed by atoms with Gasteiger partial charge in [-0.05, 0) is 12.5 Å². The van der Waals surface area contributed by atoms with Gasteiger partial charge in [0.15, 0.2) is 17.3 Å². The predicted octanol–water partition coefficient (Wildman–Crippen LogP) is 5.01. The van der Waals surface area contributed by atoms with Crippen LogP contribution in [0.2, 0.25) is 0 Å². The fourth-order valence-electron chi connectivity index (χ4n) is 3.76. The SMILES string of the molecule is C[C@H](CNc1cc(-c2ccc(C(=O)CCCC#N)cc2)ncn1)c1cccc2c1OCCO2. The number of benzene rings is 2. The average Bonchev–Trinajstić information content (AvgIpc) is 2.87. The molecule has 0 bridgehead atoms. The van der Waals surface area contributed by atoms with E-state index in [1.54, 1.807) is 0 Å². The van der Waals surface area contributed by atoms with E-state index in [0.717, 1.165) is 34.1 Å². The van der Waals surface area contributed by atoms with Gasteiger partial charge in [0.1, 0.15) is 25.4 Å². The Morgan fingerprint density at radius 1 is 1.15 bits per heavy atom. The zero-order valence-corrected chi connectivity index (χ0v) is 18.6. The lowest BCUT2D eigenvalue weighted by molar-refractivity contribution is 0.0980. The molecule has 1 aliphatic heterocycles. The van der Waals surface area contributed by atoms with E-state index >= 15 is 0 Å². The Balaban J connectivity index is 1.40. The Hall–Kier alpha value is -3.92. The van der Waals surface area contributed by atoms with E-state index in [1.807, 2.05) is 42.5 Å². The van der Waals surface area contributed by atoms with Crippen LogP contribution in [0.1, 0.15) is 48.0 Å². The van der Waals surface area contributed by atoms with Crippen LogP contribution in [0.25, 0.3) is 11.3 Å². The summed E-state index contributed by atoms with van der Waals surface area (Å²) in [6.45, 7) is 3.94. The highest BCUT2D eigenvalue weighted by molar-refractivity contribution is 5.96. The van der Waals surface area contributed by atoms with Crippen molar-refractivity contribution in [3.05, 3.63) is 66.0 Å². The highest BCUT2D eigenvalue weighted by Gasteiger charge is 2.19. The number of rotatable bonds is 9. The van der Waals surface area contributed by atoms with Crippen LogP contribution in [0.15, 0.2) is 54.9 Å². The molecule has 0 amide bonds. The maximum atomic E-state index is 12.2. The molecule has 1 aromatic heterocycles. The quantitative estimate of drug-likeness (QED) is 0.368. The summed E-state index contributed by atoms with van der Waals surface area (Å²) in [6.07, 6.45) is 2.90. The van der Waals surface area contributed by atoms with Crippen molar-refractivity contribution in [2.45, 2.75) is 32.1 Å². The molecule has 0 fully saturated rings. The van der Waals surface area contributed by atoms with Gasteiger partial charge in [0.25, 0.3) is 0 Å². The fraction of sp³-hybridized carbons (Fsp3) is 0.308. The summed E-state index contributed by atoms with van der Waals surface area (Å²) < 4.78 is 11.5. The van der Waals surface area contributed by atoms with E-state index in [0.29, 0.717) is 44.6 Å². The zero-order valence-electron chi connectivity index (χ0n) is 18.6. The third-order valence-electron chi connectivity index (χ3n) is 5.58. The third-order valence-corrected chi connectivity index (χ3v) is 5.58. The number of ether oxygens (including phenoxy) is 2. The first-order chi connectivity index (χ1) is 16.2. The average molecular weight is 443 g/mol. The number of Topliss-reactive ketones (excluding diaryl/α,β-unsaturated/α-hetero) is 1. The van der Waals surface area contributed by atoms with Crippen molar-refractivity contribution in [1.82, 2.24) is 9.97 Å². The van der Waals surface area contributed by atoms with Crippen LogP contribution in [-0.4, -0.2) is 35.5 Å². The molecular weight excluding hydrogens is 416 g/mol. The summed E-state index contributed by atoms with van der Waals surface area (Å²) in [5.74, 6) is 2.58. The predicted molar refractivity (Wildman–Crippen MR) is 126 cm³/mol. The van der Waals surface area contributed by atoms with Crippen molar-refractivity contribution < 1.29 is 14.3 Å². The van der Waals surface area contributed by atoms with Crippen molar-refractivity contribution in [2.75, 3.05) is 25.1 Å². The Labute approximate surface area is 193 Å². The van der Waals surface area contributed by atoms with Gasteiger partial charge >= 0.3 is 0 Å². The molecule has 4 rings (SSSR count). The van der Waals surface area contributed by atoms with Crippen LogP contribution < -0.4 is 14.8 Å². The van der Waals surface area contributed by atoms with Crippen LogP contribution in [0.3, 0.4) is 0 Å². The molecule has 0 aliphatic carbocycles. The number of nitriles is 1. The maximum absolute atomic E-state index is 12.2. The molecular formula is C26H26N4O3. The van der Waals surface area contributed by atoms with Crippen LogP contribution >= 0.6 is 0 Å². The molecule has 0 radical (unpaired) electrons. The molecule has 2 aromatic carbocycles. The van der Waals surface area contributed by atoms with Crippen molar-refractivity contribution in [2.24, 2.45) is 0 Å². The molecule has 0 unspecified atom stereocenters. The van der Waals surface area contributed by atoms with E-state index < -0.39 is 0 Å². The number of hydrogen-bond donors (Lipinski definition) is 1. The van der Waals surface area contributed by atoms with E-state index in [4.69, 9.17) is 14.7 Å². The first kappa shape index (κ1) is 22.3. The number of carbonyl (C=O) groups excluding carboxylic acids is 1. The third kappa shape index (κ3) is 5.47. The molecule has 1 N–H and O–H groups in total. The summed E-state index contributed by atoms with van der Waals surface area (Å²) in [5, 5.41) is 12.0. The lowest BCUT2D eigenvalue weighted by atomic mass is 9.99. The number of unbranched alkanes of at least 4 members (excludes halogenated alkanes) is 1. The van der Waals surface area contributed by atoms with E-state index in [9.17, 15) is 4.79 Å². The topological polar surface area (TPSA) is 97.1 Å². The lowest BCUT2D eigenvalue weighted by Crippen LogP contribution is -2.18. The number of aromatic nitrogens is 2. The lowest BCUT2D eigenvalue weighted by Gasteiger charge is -2.23. The zero-order chi connectivity index (χ0) is 23.0. The molecule has 1 atom stereocenters. The minimum Gasteiger partial charge on any atom is -0.486 e. The number of fused-ring (bicyclic) bond motifs is 1. The summed E-state index contributed by atoms with van der Waals surface area (Å²) in [7, 11) is 0. The molecule has 3 aromatic rings. The molecule has 1 aliphatic rings. The monoisotopic (exact) mass is 442 g/mol. The second kappa shape index (κ2) is 10.6. The fourth-order valence-corrected chi connectivity index (χ4v) is 3.76. The number of para-hydroxylation sites is 1. The van der Waals surface area contributed by atoms with Crippen LogP contribution in [-0.2, 0) is 0 Å². The normalized spacial score (nSPS) is 13.1. The maximum Gasteiger partial charge on any atom is 0.164 e. The smallest absolute Gasteiger partial charge is 0.164 e. The molecule has 0 saturated heterocycles. The van der Waals surface area contributed by atoms with Crippen molar-refractivity contribution in [1.29, 1.82) is 5.26 Å². The van der Waals surface area contributed by atoms with Gasteiger partial charge in [-0.3, -0.25) is 4.79 Å². The molecule has 2 heterocycles. The molecule has 7 nitrogen and oxygen atoms in total. The van der Waals surface area contributed by atoms with Gasteiger partial charge in [-0.1, -0.05) is 43.3 Å². The van der Waals surface area contributed by atoms with Gasteiger partial charge in [0, 0.05) is 48.1 Å². The van der Waals surface area contributed by atoms with Crippen molar-refractivity contribution in [3.8, 4) is 28.8 Å². The number of nitrogens with zero attached hydrogens (tertiary/aromatic N) is 3. The molecule has 0 spiro atoms. The number of hydrogen-bond acceptors (Lipinski definition) is 7. The van der Waals surface area contributed by atoms with E-state index in [2.05, 4.69) is 34.3 Å². The van der Waals surface area contributed by atoms with Crippen molar-refractivity contribution >= 4 is 11.6 Å². The minimum atomic E-state index is 0.0494. The second-order valence-electron chi connectivity index (χ2n) is 7.95. The standard InChI is InChI=1S/C26H26N4O3/c1-18(21-5-4-7-24-26(21)33-14-13-32-24)16-28-25-15-22(29-17-30-25)19-8-10-20(11-9-19)23(31)6-2-3-12-27/h4-5,7-11,15,17-18H,2-3,6,13-14,16H2,1H3,(H,28,29,30)/t18-/m1/s1. The highest BCUT2D eigenvalue weighted by Crippen LogP contribution is 2.37. The van der Waals surface area contributed by atoms with Gasteiger partial charge in [-0.25, -0.2) is 9.97 Å². The number of ketones is 1. The van der Waals surface area contributed by atoms with E-state index in [-0.39, 0.29) is 11.7 Å². The van der Waals surface area contributed by atoms with E-state index in [1.165, 1.54) is 6.33 Å². The first-order valence-electron chi connectivity index (χ1n) is 11.1. The highest BCUT2D eigenvalue weighted by atomic mass is 16.6. The van der Waals surface area contributed by atoms with Gasteiger partial charge in [0.2, 0.25) is 0 Å². The van der Waals surface area contributed by atoms with Crippen LogP contribution in [0.4, 0.5) is 5.82 Å². The first-order valence-corrected chi connectivity index (χ1v) is 11.1. The number of nitrogens with one attached hydrogen (secondary N) is 1. The van der Waals surface area contributed by atoms with Gasteiger partial charge in [0.05, 0.1) is 11.8 Å². The summed E-state index contributed by atoms with van der Waals surface area (Å²) in [6, 6.07) is 17.3.